The molecule has 0 aliphatic carbocycles. The van der Waals surface area contributed by atoms with E-state index in [-0.39, 0.29) is 17.6 Å². The average molecular weight is 371 g/mol. The average Bonchev–Trinajstić information content (AvgIpc) is 3.12. The standard InChI is InChI=1S/C24H21NO3/c1-24(2)14-19(17-9-5-6-10-21(17)28-24)25-23(26)22-13-18-16-8-4-3-7-15(16)11-12-20(18)27-22/h3-13,19H,14H2,1-2H3,(H,25,26). The summed E-state index contributed by atoms with van der Waals surface area (Å²) in [6.07, 6.45) is 0.693. The number of hydrogen-bond acceptors (Lipinski definition) is 3. The normalized spacial score (nSPS) is 17.9. The lowest BCUT2D eigenvalue weighted by Crippen LogP contribution is -2.41. The maximum absolute atomic E-state index is 13.0. The van der Waals surface area contributed by atoms with Gasteiger partial charge in [0.1, 0.15) is 16.9 Å². The number of nitrogens with one attached hydrogen (secondary N) is 1. The van der Waals surface area contributed by atoms with Gasteiger partial charge in [-0.05, 0) is 42.8 Å². The second-order valence-corrected chi connectivity index (χ2v) is 7.94. The van der Waals surface area contributed by atoms with Crippen LogP contribution in [-0.4, -0.2) is 11.5 Å². The Balaban J connectivity index is 1.50. The molecule has 140 valence electrons. The van der Waals surface area contributed by atoms with E-state index in [2.05, 4.69) is 11.4 Å². The second-order valence-electron chi connectivity index (χ2n) is 7.94. The van der Waals surface area contributed by atoms with Crippen molar-refractivity contribution in [2.75, 3.05) is 0 Å². The maximum atomic E-state index is 13.0. The smallest absolute Gasteiger partial charge is 0.287 e. The summed E-state index contributed by atoms with van der Waals surface area (Å²) in [5.41, 5.74) is 1.37. The summed E-state index contributed by atoms with van der Waals surface area (Å²) in [4.78, 5) is 13.0. The van der Waals surface area contributed by atoms with Crippen LogP contribution < -0.4 is 10.1 Å². The predicted octanol–water partition coefficient (Wildman–Crippen LogP) is 5.62. The van der Waals surface area contributed by atoms with Gasteiger partial charge in [-0.1, -0.05) is 48.5 Å². The first kappa shape index (κ1) is 16.9. The summed E-state index contributed by atoms with van der Waals surface area (Å²) >= 11 is 0. The summed E-state index contributed by atoms with van der Waals surface area (Å²) < 4.78 is 11.9. The molecular weight excluding hydrogens is 350 g/mol. The first-order chi connectivity index (χ1) is 13.5. The predicted molar refractivity (Wildman–Crippen MR) is 110 cm³/mol. The minimum Gasteiger partial charge on any atom is -0.487 e. The third-order valence-electron chi connectivity index (χ3n) is 5.33. The van der Waals surface area contributed by atoms with Gasteiger partial charge in [-0.3, -0.25) is 4.79 Å². The van der Waals surface area contributed by atoms with Crippen molar-refractivity contribution in [3.8, 4) is 5.75 Å². The van der Waals surface area contributed by atoms with E-state index in [1.54, 1.807) is 0 Å². The minimum atomic E-state index is -0.351. The summed E-state index contributed by atoms with van der Waals surface area (Å²) in [6, 6.07) is 21.6. The molecule has 28 heavy (non-hydrogen) atoms. The van der Waals surface area contributed by atoms with Crippen LogP contribution in [0.4, 0.5) is 0 Å². The molecule has 1 unspecified atom stereocenters. The first-order valence-corrected chi connectivity index (χ1v) is 9.50. The Morgan fingerprint density at radius 2 is 1.79 bits per heavy atom. The van der Waals surface area contributed by atoms with Crippen LogP contribution in [0.1, 0.15) is 42.4 Å². The summed E-state index contributed by atoms with van der Waals surface area (Å²) in [6.45, 7) is 4.07. The van der Waals surface area contributed by atoms with Crippen molar-refractivity contribution in [2.45, 2.75) is 31.9 Å². The van der Waals surface area contributed by atoms with E-state index >= 15 is 0 Å². The van der Waals surface area contributed by atoms with Crippen LogP contribution in [0.25, 0.3) is 21.7 Å². The molecule has 0 fully saturated rings. The van der Waals surface area contributed by atoms with Crippen LogP contribution in [0.5, 0.6) is 5.75 Å². The summed E-state index contributed by atoms with van der Waals surface area (Å²) in [5.74, 6) is 0.936. The van der Waals surface area contributed by atoms with Crippen molar-refractivity contribution in [3.63, 3.8) is 0 Å². The fourth-order valence-electron chi connectivity index (χ4n) is 4.06. The second kappa shape index (κ2) is 6.13. The molecule has 0 spiro atoms. The largest absolute Gasteiger partial charge is 0.487 e. The van der Waals surface area contributed by atoms with Crippen LogP contribution >= 0.6 is 0 Å². The van der Waals surface area contributed by atoms with E-state index in [0.717, 1.165) is 33.1 Å². The molecule has 1 aliphatic rings. The highest BCUT2D eigenvalue weighted by molar-refractivity contribution is 6.08. The zero-order valence-electron chi connectivity index (χ0n) is 15.9. The van der Waals surface area contributed by atoms with Crippen LogP contribution in [0.3, 0.4) is 0 Å². The Labute approximate surface area is 163 Å². The zero-order valence-corrected chi connectivity index (χ0v) is 15.9. The van der Waals surface area contributed by atoms with Crippen molar-refractivity contribution in [1.82, 2.24) is 5.32 Å². The Kier molecular flexibility index (Phi) is 3.69. The van der Waals surface area contributed by atoms with Gasteiger partial charge in [-0.2, -0.15) is 0 Å². The highest BCUT2D eigenvalue weighted by Gasteiger charge is 2.34. The number of para-hydroxylation sites is 1. The van der Waals surface area contributed by atoms with Crippen molar-refractivity contribution < 1.29 is 13.9 Å². The highest BCUT2D eigenvalue weighted by Crippen LogP contribution is 2.39. The van der Waals surface area contributed by atoms with Gasteiger partial charge in [0.25, 0.3) is 5.91 Å². The molecule has 0 radical (unpaired) electrons. The fraction of sp³-hybridized carbons (Fsp3) is 0.208. The summed E-state index contributed by atoms with van der Waals surface area (Å²) in [5, 5.41) is 6.31. The number of carbonyl (C=O) groups is 1. The molecule has 1 aromatic heterocycles. The van der Waals surface area contributed by atoms with E-state index in [1.807, 2.05) is 74.5 Å². The lowest BCUT2D eigenvalue weighted by molar-refractivity contribution is 0.0612. The quantitative estimate of drug-likeness (QED) is 0.498. The van der Waals surface area contributed by atoms with Crippen molar-refractivity contribution >= 4 is 27.6 Å². The van der Waals surface area contributed by atoms with Gasteiger partial charge in [0.15, 0.2) is 5.76 Å². The Morgan fingerprint density at radius 1 is 1.00 bits per heavy atom. The number of carbonyl (C=O) groups excluding carboxylic acids is 1. The molecule has 4 aromatic rings. The van der Waals surface area contributed by atoms with Crippen LogP contribution in [0.15, 0.2) is 71.1 Å². The van der Waals surface area contributed by atoms with E-state index in [9.17, 15) is 4.79 Å². The molecule has 1 N–H and O–H groups in total. The topological polar surface area (TPSA) is 51.5 Å². The van der Waals surface area contributed by atoms with E-state index in [4.69, 9.17) is 9.15 Å². The SMILES string of the molecule is CC1(C)CC(NC(=O)c2cc3c(ccc4ccccc43)o2)c2ccccc2O1. The molecule has 1 aliphatic heterocycles. The third kappa shape index (κ3) is 2.82. The van der Waals surface area contributed by atoms with Gasteiger partial charge in [0.2, 0.25) is 0 Å². The van der Waals surface area contributed by atoms with E-state index in [0.29, 0.717) is 12.2 Å². The van der Waals surface area contributed by atoms with Gasteiger partial charge >= 0.3 is 0 Å². The van der Waals surface area contributed by atoms with Crippen molar-refractivity contribution in [3.05, 3.63) is 78.1 Å². The van der Waals surface area contributed by atoms with Crippen molar-refractivity contribution in [2.24, 2.45) is 0 Å². The van der Waals surface area contributed by atoms with Crippen LogP contribution in [-0.2, 0) is 0 Å². The molecule has 0 bridgehead atoms. The Morgan fingerprint density at radius 3 is 2.68 bits per heavy atom. The number of rotatable bonds is 2. The highest BCUT2D eigenvalue weighted by atomic mass is 16.5. The number of amides is 1. The molecule has 5 rings (SSSR count). The molecule has 1 amide bonds. The monoisotopic (exact) mass is 371 g/mol. The third-order valence-corrected chi connectivity index (χ3v) is 5.33. The maximum Gasteiger partial charge on any atom is 0.287 e. The van der Waals surface area contributed by atoms with E-state index < -0.39 is 0 Å². The zero-order chi connectivity index (χ0) is 19.3. The Bertz CT molecular complexity index is 1200. The molecule has 0 saturated heterocycles. The fourth-order valence-corrected chi connectivity index (χ4v) is 4.06. The molecule has 4 heteroatoms. The van der Waals surface area contributed by atoms with Gasteiger partial charge in [0, 0.05) is 17.4 Å². The number of hydrogen-bond donors (Lipinski definition) is 1. The molecule has 0 saturated carbocycles. The Hall–Kier alpha value is -3.27. The molecular formula is C24H21NO3. The van der Waals surface area contributed by atoms with Gasteiger partial charge in [0.05, 0.1) is 6.04 Å². The van der Waals surface area contributed by atoms with Gasteiger partial charge in [-0.15, -0.1) is 0 Å². The first-order valence-electron chi connectivity index (χ1n) is 9.50. The minimum absolute atomic E-state index is 0.127. The number of furan rings is 1. The van der Waals surface area contributed by atoms with Crippen LogP contribution in [0.2, 0.25) is 0 Å². The number of ether oxygens (including phenoxy) is 1. The molecule has 3 aromatic carbocycles. The number of fused-ring (bicyclic) bond motifs is 4. The lowest BCUT2D eigenvalue weighted by atomic mass is 9.89. The van der Waals surface area contributed by atoms with Crippen LogP contribution in [0, 0.1) is 0 Å². The van der Waals surface area contributed by atoms with Crippen molar-refractivity contribution in [1.29, 1.82) is 0 Å². The van der Waals surface area contributed by atoms with E-state index in [1.165, 1.54) is 0 Å². The summed E-state index contributed by atoms with van der Waals surface area (Å²) in [7, 11) is 0. The molecule has 2 heterocycles. The number of benzene rings is 3. The van der Waals surface area contributed by atoms with Gasteiger partial charge in [-0.25, -0.2) is 0 Å². The molecule has 4 nitrogen and oxygen atoms in total. The lowest BCUT2D eigenvalue weighted by Gasteiger charge is -2.37. The molecule has 1 atom stereocenters. The van der Waals surface area contributed by atoms with Gasteiger partial charge < -0.3 is 14.5 Å².